The normalized spacial score (nSPS) is 10.0. The van der Waals surface area contributed by atoms with Crippen LogP contribution in [0.3, 0.4) is 0 Å². The smallest absolute Gasteiger partial charge is 0.145 e. The zero-order valence-corrected chi connectivity index (χ0v) is 8.39. The van der Waals surface area contributed by atoms with Gasteiger partial charge in [0.1, 0.15) is 11.6 Å². The average Bonchev–Trinajstić information content (AvgIpc) is 2.64. The Balaban J connectivity index is 2.34. The highest BCUT2D eigenvalue weighted by Crippen LogP contribution is 2.12. The molecule has 1 heterocycles. The molecule has 0 radical (unpaired) electrons. The molecule has 0 amide bonds. The van der Waals surface area contributed by atoms with Crippen molar-refractivity contribution in [2.24, 2.45) is 0 Å². The van der Waals surface area contributed by atoms with Gasteiger partial charge in [-0.3, -0.25) is 4.68 Å². The molecule has 5 heteroatoms. The highest BCUT2D eigenvalue weighted by atomic mass is 19.1. The molecule has 0 atom stereocenters. The van der Waals surface area contributed by atoms with Gasteiger partial charge < -0.3 is 5.73 Å². The van der Waals surface area contributed by atoms with Gasteiger partial charge in [-0.2, -0.15) is 10.4 Å². The van der Waals surface area contributed by atoms with E-state index in [1.807, 2.05) is 6.07 Å². The average molecular weight is 216 g/mol. The van der Waals surface area contributed by atoms with E-state index in [2.05, 4.69) is 5.10 Å². The van der Waals surface area contributed by atoms with Crippen LogP contribution in [0, 0.1) is 17.1 Å². The van der Waals surface area contributed by atoms with Crippen LogP contribution in [0.2, 0.25) is 0 Å². The molecule has 4 nitrogen and oxygen atoms in total. The summed E-state index contributed by atoms with van der Waals surface area (Å²) in [5.41, 5.74) is 6.49. The van der Waals surface area contributed by atoms with Crippen LogP contribution >= 0.6 is 0 Å². The predicted molar refractivity (Wildman–Crippen MR) is 56.9 cm³/mol. The molecule has 80 valence electrons. The molecular weight excluding hydrogens is 207 g/mol. The van der Waals surface area contributed by atoms with Gasteiger partial charge in [0.2, 0.25) is 0 Å². The van der Waals surface area contributed by atoms with Crippen LogP contribution in [-0.4, -0.2) is 9.78 Å². The molecular formula is C11H9FN4. The summed E-state index contributed by atoms with van der Waals surface area (Å²) < 4.78 is 14.6. The van der Waals surface area contributed by atoms with E-state index < -0.39 is 0 Å². The van der Waals surface area contributed by atoms with Crippen molar-refractivity contribution in [2.45, 2.75) is 6.54 Å². The second-order valence-electron chi connectivity index (χ2n) is 3.35. The minimum atomic E-state index is -0.367. The fourth-order valence-electron chi connectivity index (χ4n) is 1.44. The number of nitrogens with two attached hydrogens (primary N) is 1. The van der Waals surface area contributed by atoms with Crippen LogP contribution in [0.15, 0.2) is 30.5 Å². The molecule has 2 N–H and O–H groups in total. The third kappa shape index (κ3) is 2.01. The largest absolute Gasteiger partial charge is 0.382 e. The van der Waals surface area contributed by atoms with E-state index in [0.717, 1.165) is 0 Å². The Morgan fingerprint density at radius 3 is 2.88 bits per heavy atom. The number of halogens is 1. The summed E-state index contributed by atoms with van der Waals surface area (Å²) in [4.78, 5) is 0. The Bertz CT molecular complexity index is 553. The molecule has 0 fully saturated rings. The molecule has 0 saturated heterocycles. The summed E-state index contributed by atoms with van der Waals surface area (Å²) in [7, 11) is 0. The number of hydrogen-bond donors (Lipinski definition) is 1. The fraction of sp³-hybridized carbons (Fsp3) is 0.0909. The summed E-state index contributed by atoms with van der Waals surface area (Å²) in [6, 6.07) is 7.70. The first-order valence-corrected chi connectivity index (χ1v) is 4.66. The number of aromatic nitrogens is 2. The Hall–Kier alpha value is -2.35. The minimum absolute atomic E-state index is 0.331. The van der Waals surface area contributed by atoms with E-state index in [9.17, 15) is 4.39 Å². The van der Waals surface area contributed by atoms with Gasteiger partial charge in [-0.25, -0.2) is 4.39 Å². The number of nitrogens with zero attached hydrogens (tertiary/aromatic N) is 3. The lowest BCUT2D eigenvalue weighted by Crippen LogP contribution is -2.03. The van der Waals surface area contributed by atoms with Crippen LogP contribution in [0.4, 0.5) is 10.2 Å². The summed E-state index contributed by atoms with van der Waals surface area (Å²) in [5.74, 6) is 0.0315. The fourth-order valence-corrected chi connectivity index (χ4v) is 1.44. The topological polar surface area (TPSA) is 67.6 Å². The van der Waals surface area contributed by atoms with E-state index in [1.165, 1.54) is 18.2 Å². The van der Waals surface area contributed by atoms with Crippen molar-refractivity contribution in [2.75, 3.05) is 5.73 Å². The first-order chi connectivity index (χ1) is 7.69. The SMILES string of the molecule is N#Cc1ccc(F)cc1Cn1ccc(N)n1. The molecule has 0 aliphatic rings. The quantitative estimate of drug-likeness (QED) is 0.827. The van der Waals surface area contributed by atoms with Crippen molar-refractivity contribution in [1.82, 2.24) is 9.78 Å². The van der Waals surface area contributed by atoms with Crippen LogP contribution in [-0.2, 0) is 6.54 Å². The van der Waals surface area contributed by atoms with Crippen molar-refractivity contribution >= 4 is 5.82 Å². The standard InChI is InChI=1S/C11H9FN4/c12-10-2-1-8(6-13)9(5-10)7-16-4-3-11(14)15-16/h1-5H,7H2,(H2,14,15). The van der Waals surface area contributed by atoms with Crippen LogP contribution in [0.5, 0.6) is 0 Å². The summed E-state index contributed by atoms with van der Waals surface area (Å²) in [6.07, 6.45) is 1.68. The monoisotopic (exact) mass is 216 g/mol. The number of anilines is 1. The molecule has 0 aliphatic heterocycles. The predicted octanol–water partition coefficient (Wildman–Crippen LogP) is 1.52. The van der Waals surface area contributed by atoms with Crippen LogP contribution < -0.4 is 5.73 Å². The van der Waals surface area contributed by atoms with Crippen molar-refractivity contribution in [3.63, 3.8) is 0 Å². The lowest BCUT2D eigenvalue weighted by atomic mass is 10.1. The van der Waals surface area contributed by atoms with Gasteiger partial charge in [0.15, 0.2) is 0 Å². The third-order valence-electron chi connectivity index (χ3n) is 2.18. The van der Waals surface area contributed by atoms with E-state index in [1.54, 1.807) is 16.9 Å². The molecule has 0 unspecified atom stereocenters. The minimum Gasteiger partial charge on any atom is -0.382 e. The van der Waals surface area contributed by atoms with Crippen molar-refractivity contribution in [3.05, 3.63) is 47.4 Å². The van der Waals surface area contributed by atoms with E-state index in [0.29, 0.717) is 23.5 Å². The Morgan fingerprint density at radius 2 is 2.25 bits per heavy atom. The molecule has 0 saturated carbocycles. The van der Waals surface area contributed by atoms with Crippen LogP contribution in [0.25, 0.3) is 0 Å². The van der Waals surface area contributed by atoms with Gasteiger partial charge in [-0.15, -0.1) is 0 Å². The number of rotatable bonds is 2. The molecule has 0 aliphatic carbocycles. The maximum atomic E-state index is 13.0. The molecule has 0 bridgehead atoms. The van der Waals surface area contributed by atoms with Gasteiger partial charge in [-0.05, 0) is 29.8 Å². The lowest BCUT2D eigenvalue weighted by Gasteiger charge is -2.04. The second kappa shape index (κ2) is 4.03. The Morgan fingerprint density at radius 1 is 1.44 bits per heavy atom. The van der Waals surface area contributed by atoms with Crippen molar-refractivity contribution in [1.29, 1.82) is 5.26 Å². The summed E-state index contributed by atoms with van der Waals surface area (Å²) >= 11 is 0. The lowest BCUT2D eigenvalue weighted by molar-refractivity contribution is 0.619. The van der Waals surface area contributed by atoms with Gasteiger partial charge >= 0.3 is 0 Å². The number of benzene rings is 1. The third-order valence-corrected chi connectivity index (χ3v) is 2.18. The zero-order chi connectivity index (χ0) is 11.5. The van der Waals surface area contributed by atoms with Gasteiger partial charge in [0.05, 0.1) is 18.2 Å². The molecule has 1 aromatic heterocycles. The Kier molecular flexibility index (Phi) is 2.56. The molecule has 1 aromatic carbocycles. The van der Waals surface area contributed by atoms with Gasteiger partial charge in [0, 0.05) is 6.20 Å². The first-order valence-electron chi connectivity index (χ1n) is 4.66. The number of nitrogen functional groups attached to an aromatic ring is 1. The van der Waals surface area contributed by atoms with Gasteiger partial charge in [0.25, 0.3) is 0 Å². The molecule has 2 aromatic rings. The zero-order valence-electron chi connectivity index (χ0n) is 8.39. The first kappa shape index (κ1) is 10.2. The molecule has 2 rings (SSSR count). The van der Waals surface area contributed by atoms with E-state index in [4.69, 9.17) is 11.0 Å². The maximum Gasteiger partial charge on any atom is 0.145 e. The summed E-state index contributed by atoms with van der Waals surface area (Å²) in [6.45, 7) is 0.331. The van der Waals surface area contributed by atoms with Crippen molar-refractivity contribution < 1.29 is 4.39 Å². The van der Waals surface area contributed by atoms with Crippen molar-refractivity contribution in [3.8, 4) is 6.07 Å². The maximum absolute atomic E-state index is 13.0. The van der Waals surface area contributed by atoms with Gasteiger partial charge in [-0.1, -0.05) is 0 Å². The van der Waals surface area contributed by atoms with E-state index in [-0.39, 0.29) is 5.82 Å². The van der Waals surface area contributed by atoms with Crippen LogP contribution in [0.1, 0.15) is 11.1 Å². The molecule has 16 heavy (non-hydrogen) atoms. The Labute approximate surface area is 91.7 Å². The molecule has 0 spiro atoms. The summed E-state index contributed by atoms with van der Waals surface area (Å²) in [5, 5.41) is 12.8. The van der Waals surface area contributed by atoms with E-state index >= 15 is 0 Å². The second-order valence-corrected chi connectivity index (χ2v) is 3.35. The highest BCUT2D eigenvalue weighted by molar-refractivity contribution is 5.38. The highest BCUT2D eigenvalue weighted by Gasteiger charge is 2.05. The number of nitriles is 1. The number of hydrogen-bond acceptors (Lipinski definition) is 3.